The third kappa shape index (κ3) is 4.68. The summed E-state index contributed by atoms with van der Waals surface area (Å²) in [5.74, 6) is -0.626. The maximum Gasteiger partial charge on any atom is 0.338 e. The molecule has 0 saturated heterocycles. The Bertz CT molecular complexity index is 983. The van der Waals surface area contributed by atoms with Crippen molar-refractivity contribution in [2.45, 2.75) is 20.5 Å². The monoisotopic (exact) mass is 383 g/mol. The van der Waals surface area contributed by atoms with Gasteiger partial charge in [0.05, 0.1) is 16.2 Å². The molecule has 0 bridgehead atoms. The predicted octanol–water partition coefficient (Wildman–Crippen LogP) is 4.77. The maximum absolute atomic E-state index is 12.1. The molecule has 27 heavy (non-hydrogen) atoms. The zero-order valence-corrected chi connectivity index (χ0v) is 15.6. The molecule has 138 valence electrons. The van der Waals surface area contributed by atoms with Crippen molar-refractivity contribution in [2.75, 3.05) is 5.32 Å². The maximum atomic E-state index is 12.1. The Balaban J connectivity index is 1.61. The van der Waals surface area contributed by atoms with Crippen molar-refractivity contribution in [3.8, 4) is 0 Å². The van der Waals surface area contributed by atoms with Crippen LogP contribution in [-0.2, 0) is 11.3 Å². The fourth-order valence-corrected chi connectivity index (χ4v) is 3.06. The highest BCUT2D eigenvalue weighted by Crippen LogP contribution is 2.23. The Morgan fingerprint density at radius 1 is 1.22 bits per heavy atom. The molecule has 3 aromatic rings. The quantitative estimate of drug-likeness (QED) is 0.374. The van der Waals surface area contributed by atoms with E-state index in [1.807, 2.05) is 31.2 Å². The summed E-state index contributed by atoms with van der Waals surface area (Å²) in [5, 5.41) is 16.7. The summed E-state index contributed by atoms with van der Waals surface area (Å²) >= 11 is 1.40. The average Bonchev–Trinajstić information content (AvgIpc) is 3.09. The SMILES string of the molecule is Cc1ccc(Nc2nc(COC(=O)c3ccc(C)c([N+](=O)[O-])c3)cs2)cc1. The van der Waals surface area contributed by atoms with Crippen LogP contribution in [0.25, 0.3) is 0 Å². The molecule has 0 unspecified atom stereocenters. The van der Waals surface area contributed by atoms with Crippen molar-refractivity contribution in [3.05, 3.63) is 80.3 Å². The normalized spacial score (nSPS) is 10.4. The van der Waals surface area contributed by atoms with Gasteiger partial charge in [0.15, 0.2) is 5.13 Å². The van der Waals surface area contributed by atoms with E-state index in [0.29, 0.717) is 16.4 Å². The molecule has 0 aliphatic rings. The number of anilines is 2. The molecule has 1 N–H and O–H groups in total. The lowest BCUT2D eigenvalue weighted by atomic mass is 10.1. The van der Waals surface area contributed by atoms with Crippen LogP contribution in [0.2, 0.25) is 0 Å². The van der Waals surface area contributed by atoms with Crippen LogP contribution in [0.4, 0.5) is 16.5 Å². The number of esters is 1. The number of nitro benzene ring substituents is 1. The highest BCUT2D eigenvalue weighted by Gasteiger charge is 2.16. The molecule has 8 heteroatoms. The molecule has 1 heterocycles. The second-order valence-corrected chi connectivity index (χ2v) is 6.83. The van der Waals surface area contributed by atoms with Gasteiger partial charge in [-0.25, -0.2) is 9.78 Å². The first-order valence-electron chi connectivity index (χ1n) is 8.12. The van der Waals surface area contributed by atoms with Crippen molar-refractivity contribution in [2.24, 2.45) is 0 Å². The minimum atomic E-state index is -0.626. The molecule has 0 spiro atoms. The summed E-state index contributed by atoms with van der Waals surface area (Å²) < 4.78 is 5.22. The van der Waals surface area contributed by atoms with Gasteiger partial charge in [-0.3, -0.25) is 10.1 Å². The van der Waals surface area contributed by atoms with Gasteiger partial charge in [0.25, 0.3) is 5.69 Å². The lowest BCUT2D eigenvalue weighted by Gasteiger charge is -2.04. The molecule has 0 atom stereocenters. The van der Waals surface area contributed by atoms with Gasteiger partial charge in [-0.2, -0.15) is 0 Å². The van der Waals surface area contributed by atoms with Crippen LogP contribution in [0.5, 0.6) is 0 Å². The molecule has 0 saturated carbocycles. The van der Waals surface area contributed by atoms with Crippen LogP contribution in [0.15, 0.2) is 47.8 Å². The number of ether oxygens (including phenoxy) is 1. The summed E-state index contributed by atoms with van der Waals surface area (Å²) in [6.45, 7) is 3.62. The van der Waals surface area contributed by atoms with E-state index in [4.69, 9.17) is 4.74 Å². The van der Waals surface area contributed by atoms with Gasteiger partial charge in [0.2, 0.25) is 0 Å². The van der Waals surface area contributed by atoms with Crippen LogP contribution < -0.4 is 5.32 Å². The lowest BCUT2D eigenvalue weighted by molar-refractivity contribution is -0.385. The van der Waals surface area contributed by atoms with E-state index < -0.39 is 10.9 Å². The number of thiazole rings is 1. The standard InChI is InChI=1S/C19H17N3O4S/c1-12-3-7-15(8-4-12)20-19-21-16(11-27-19)10-26-18(23)14-6-5-13(2)17(9-14)22(24)25/h3-9,11H,10H2,1-2H3,(H,20,21). The molecular formula is C19H17N3O4S. The van der Waals surface area contributed by atoms with Gasteiger partial charge in [-0.05, 0) is 32.0 Å². The van der Waals surface area contributed by atoms with Crippen molar-refractivity contribution < 1.29 is 14.5 Å². The number of rotatable bonds is 6. The molecule has 0 fully saturated rings. The number of carbonyl (C=O) groups is 1. The van der Waals surface area contributed by atoms with Crippen LogP contribution in [0, 0.1) is 24.0 Å². The summed E-state index contributed by atoms with van der Waals surface area (Å²) in [7, 11) is 0. The number of benzene rings is 2. The lowest BCUT2D eigenvalue weighted by Crippen LogP contribution is -2.06. The van der Waals surface area contributed by atoms with Crippen LogP contribution in [0.1, 0.15) is 27.2 Å². The molecular weight excluding hydrogens is 366 g/mol. The van der Waals surface area contributed by atoms with Gasteiger partial charge < -0.3 is 10.1 Å². The molecule has 2 aromatic carbocycles. The van der Waals surface area contributed by atoms with Gasteiger partial charge >= 0.3 is 5.97 Å². The number of hydrogen-bond donors (Lipinski definition) is 1. The first kappa shape index (κ1) is 18.5. The van der Waals surface area contributed by atoms with Crippen molar-refractivity contribution in [3.63, 3.8) is 0 Å². The van der Waals surface area contributed by atoms with Gasteiger partial charge in [0.1, 0.15) is 6.61 Å². The van der Waals surface area contributed by atoms with Crippen molar-refractivity contribution >= 4 is 33.8 Å². The zero-order chi connectivity index (χ0) is 19.4. The molecule has 0 aliphatic heterocycles. The summed E-state index contributed by atoms with van der Waals surface area (Å²) in [6.07, 6.45) is 0. The Kier molecular flexibility index (Phi) is 5.46. The number of nitro groups is 1. The number of nitrogens with one attached hydrogen (secondary N) is 1. The molecule has 0 aliphatic carbocycles. The van der Waals surface area contributed by atoms with E-state index in [0.717, 1.165) is 5.69 Å². The Morgan fingerprint density at radius 2 is 1.96 bits per heavy atom. The van der Waals surface area contributed by atoms with E-state index in [1.54, 1.807) is 12.3 Å². The molecule has 0 amide bonds. The highest BCUT2D eigenvalue weighted by molar-refractivity contribution is 7.13. The number of nitrogens with zero attached hydrogens (tertiary/aromatic N) is 2. The summed E-state index contributed by atoms with van der Waals surface area (Å²) in [6, 6.07) is 12.2. The first-order valence-corrected chi connectivity index (χ1v) is 9.00. The molecule has 7 nitrogen and oxygen atoms in total. The van der Waals surface area contributed by atoms with E-state index in [2.05, 4.69) is 10.3 Å². The third-order valence-electron chi connectivity index (χ3n) is 3.85. The summed E-state index contributed by atoms with van der Waals surface area (Å²) in [5.41, 5.74) is 3.21. The zero-order valence-electron chi connectivity index (χ0n) is 14.8. The van der Waals surface area contributed by atoms with Gasteiger partial charge in [0, 0.05) is 22.7 Å². The fourth-order valence-electron chi connectivity index (χ4n) is 2.35. The largest absolute Gasteiger partial charge is 0.456 e. The van der Waals surface area contributed by atoms with Crippen LogP contribution >= 0.6 is 11.3 Å². The van der Waals surface area contributed by atoms with E-state index in [-0.39, 0.29) is 17.9 Å². The topological polar surface area (TPSA) is 94.4 Å². The number of aryl methyl sites for hydroxylation is 2. The van der Waals surface area contributed by atoms with E-state index in [1.165, 1.54) is 35.1 Å². The molecule has 3 rings (SSSR count). The van der Waals surface area contributed by atoms with Crippen LogP contribution in [0.3, 0.4) is 0 Å². The smallest absolute Gasteiger partial charge is 0.338 e. The van der Waals surface area contributed by atoms with Crippen molar-refractivity contribution in [1.29, 1.82) is 0 Å². The van der Waals surface area contributed by atoms with Gasteiger partial charge in [-0.15, -0.1) is 11.3 Å². The van der Waals surface area contributed by atoms with E-state index >= 15 is 0 Å². The van der Waals surface area contributed by atoms with Crippen LogP contribution in [-0.4, -0.2) is 15.9 Å². The predicted molar refractivity (Wildman–Crippen MR) is 104 cm³/mol. The highest BCUT2D eigenvalue weighted by atomic mass is 32.1. The Morgan fingerprint density at radius 3 is 2.67 bits per heavy atom. The second kappa shape index (κ2) is 7.96. The van der Waals surface area contributed by atoms with E-state index in [9.17, 15) is 14.9 Å². The number of aromatic nitrogens is 1. The number of hydrogen-bond acceptors (Lipinski definition) is 7. The first-order chi connectivity index (χ1) is 12.9. The molecule has 0 radical (unpaired) electrons. The minimum Gasteiger partial charge on any atom is -0.456 e. The van der Waals surface area contributed by atoms with Crippen molar-refractivity contribution in [1.82, 2.24) is 4.98 Å². The molecule has 1 aromatic heterocycles. The average molecular weight is 383 g/mol. The fraction of sp³-hybridized carbons (Fsp3) is 0.158. The third-order valence-corrected chi connectivity index (χ3v) is 4.65. The second-order valence-electron chi connectivity index (χ2n) is 5.97. The number of carbonyl (C=O) groups excluding carboxylic acids is 1. The minimum absolute atomic E-state index is 0.00736. The Hall–Kier alpha value is -3.26. The van der Waals surface area contributed by atoms with Gasteiger partial charge in [-0.1, -0.05) is 23.8 Å². The summed E-state index contributed by atoms with van der Waals surface area (Å²) in [4.78, 5) is 27.0. The Labute approximate surface area is 159 Å².